The van der Waals surface area contributed by atoms with E-state index in [1.165, 1.54) is 0 Å². The van der Waals surface area contributed by atoms with Gasteiger partial charge in [-0.1, -0.05) is 42.0 Å². The van der Waals surface area contributed by atoms with E-state index in [9.17, 15) is 9.59 Å². The molecule has 0 bridgehead atoms. The molecule has 3 rings (SSSR count). The van der Waals surface area contributed by atoms with Crippen molar-refractivity contribution in [3.63, 3.8) is 0 Å². The topological polar surface area (TPSA) is 56.3 Å². The molecule has 1 atom stereocenters. The minimum absolute atomic E-state index is 0.222. The van der Waals surface area contributed by atoms with E-state index in [0.29, 0.717) is 11.1 Å². The van der Waals surface area contributed by atoms with E-state index in [1.54, 1.807) is 37.3 Å². The first-order valence-electron chi connectivity index (χ1n) is 8.14. The van der Waals surface area contributed by atoms with E-state index in [-0.39, 0.29) is 5.78 Å². The second-order valence-electron chi connectivity index (χ2n) is 6.11. The molecule has 25 heavy (non-hydrogen) atoms. The maximum Gasteiger partial charge on any atom is 0.339 e. The molecular weight excluding hydrogens is 314 g/mol. The molecule has 1 heterocycles. The number of nitrogens with zero attached hydrogens (tertiary/aromatic N) is 1. The average molecular weight is 333 g/mol. The zero-order valence-electron chi connectivity index (χ0n) is 14.4. The van der Waals surface area contributed by atoms with E-state index in [0.717, 1.165) is 22.2 Å². The van der Waals surface area contributed by atoms with Crippen LogP contribution in [0.15, 0.2) is 54.6 Å². The van der Waals surface area contributed by atoms with Gasteiger partial charge in [0, 0.05) is 16.6 Å². The average Bonchev–Trinajstić information content (AvgIpc) is 2.61. The molecule has 0 N–H and O–H groups in total. The summed E-state index contributed by atoms with van der Waals surface area (Å²) in [6.07, 6.45) is -0.858. The zero-order valence-corrected chi connectivity index (χ0v) is 14.4. The van der Waals surface area contributed by atoms with Crippen LogP contribution in [-0.2, 0) is 4.74 Å². The number of fused-ring (bicyclic) bond motifs is 1. The van der Waals surface area contributed by atoms with Crippen LogP contribution in [0.25, 0.3) is 10.9 Å². The number of ether oxygens (including phenoxy) is 1. The van der Waals surface area contributed by atoms with Gasteiger partial charge in [-0.2, -0.15) is 0 Å². The molecule has 0 spiro atoms. The molecule has 2 aromatic carbocycles. The smallest absolute Gasteiger partial charge is 0.339 e. The molecule has 4 heteroatoms. The fourth-order valence-corrected chi connectivity index (χ4v) is 2.76. The number of aromatic nitrogens is 1. The van der Waals surface area contributed by atoms with Crippen molar-refractivity contribution in [3.8, 4) is 0 Å². The predicted molar refractivity (Wildman–Crippen MR) is 96.9 cm³/mol. The van der Waals surface area contributed by atoms with E-state index in [2.05, 4.69) is 4.98 Å². The molecule has 0 aliphatic rings. The van der Waals surface area contributed by atoms with Gasteiger partial charge in [-0.3, -0.25) is 9.78 Å². The Morgan fingerprint density at radius 3 is 2.44 bits per heavy atom. The summed E-state index contributed by atoms with van der Waals surface area (Å²) in [5, 5.41) is 0.731. The van der Waals surface area contributed by atoms with E-state index >= 15 is 0 Å². The Kier molecular flexibility index (Phi) is 4.61. The minimum Gasteiger partial charge on any atom is -0.451 e. The predicted octanol–water partition coefficient (Wildman–Crippen LogP) is 4.28. The third-order valence-electron chi connectivity index (χ3n) is 4.02. The van der Waals surface area contributed by atoms with Crippen LogP contribution < -0.4 is 0 Å². The molecule has 0 radical (unpaired) electrons. The highest BCUT2D eigenvalue weighted by atomic mass is 16.5. The number of hydrogen-bond donors (Lipinski definition) is 0. The van der Waals surface area contributed by atoms with Gasteiger partial charge in [-0.25, -0.2) is 4.79 Å². The normalized spacial score (nSPS) is 12.0. The van der Waals surface area contributed by atoms with Crippen LogP contribution in [0.2, 0.25) is 0 Å². The van der Waals surface area contributed by atoms with Crippen molar-refractivity contribution in [2.24, 2.45) is 0 Å². The second kappa shape index (κ2) is 6.85. The number of ketones is 1. The summed E-state index contributed by atoms with van der Waals surface area (Å²) in [6.45, 7) is 5.37. The van der Waals surface area contributed by atoms with Crippen molar-refractivity contribution in [1.29, 1.82) is 0 Å². The molecule has 0 aliphatic heterocycles. The zero-order chi connectivity index (χ0) is 18.0. The maximum atomic E-state index is 12.7. The number of carbonyl (C=O) groups is 2. The minimum atomic E-state index is -0.858. The molecule has 0 amide bonds. The standard InChI is InChI=1S/C21H19NO3/c1-13-9-10-19-17(11-13)18(12-14(2)22-19)21(24)25-15(3)20(23)16-7-5-4-6-8-16/h4-12,15H,1-3H3. The third-order valence-corrected chi connectivity index (χ3v) is 4.02. The van der Waals surface area contributed by atoms with Gasteiger partial charge in [0.25, 0.3) is 0 Å². The molecule has 0 aliphatic carbocycles. The van der Waals surface area contributed by atoms with Gasteiger partial charge < -0.3 is 4.74 Å². The lowest BCUT2D eigenvalue weighted by Gasteiger charge is -2.14. The van der Waals surface area contributed by atoms with Crippen molar-refractivity contribution in [2.75, 3.05) is 0 Å². The molecule has 126 valence electrons. The highest BCUT2D eigenvalue weighted by Gasteiger charge is 2.22. The summed E-state index contributed by atoms with van der Waals surface area (Å²) in [6, 6.07) is 16.3. The van der Waals surface area contributed by atoms with Crippen molar-refractivity contribution in [3.05, 3.63) is 77.0 Å². The van der Waals surface area contributed by atoms with E-state index in [1.807, 2.05) is 38.1 Å². The number of pyridine rings is 1. The fraction of sp³-hybridized carbons (Fsp3) is 0.190. The van der Waals surface area contributed by atoms with Gasteiger partial charge in [-0.15, -0.1) is 0 Å². The SMILES string of the molecule is Cc1ccc2nc(C)cc(C(=O)OC(C)C(=O)c3ccccc3)c2c1. The molecule has 0 saturated carbocycles. The Balaban J connectivity index is 1.90. The van der Waals surface area contributed by atoms with Gasteiger partial charge in [0.15, 0.2) is 6.10 Å². The van der Waals surface area contributed by atoms with Gasteiger partial charge in [0.05, 0.1) is 11.1 Å². The highest BCUT2D eigenvalue weighted by Crippen LogP contribution is 2.21. The van der Waals surface area contributed by atoms with Crippen LogP contribution in [0, 0.1) is 13.8 Å². The number of carbonyl (C=O) groups excluding carboxylic acids is 2. The summed E-state index contributed by atoms with van der Waals surface area (Å²) < 4.78 is 5.44. The second-order valence-corrected chi connectivity index (χ2v) is 6.11. The number of hydrogen-bond acceptors (Lipinski definition) is 4. The van der Waals surface area contributed by atoms with Crippen LogP contribution in [-0.4, -0.2) is 22.8 Å². The quantitative estimate of drug-likeness (QED) is 0.528. The number of Topliss-reactive ketones (excluding diaryl/α,β-unsaturated/α-hetero) is 1. The lowest BCUT2D eigenvalue weighted by Crippen LogP contribution is -2.24. The molecule has 4 nitrogen and oxygen atoms in total. The highest BCUT2D eigenvalue weighted by molar-refractivity contribution is 6.06. The summed E-state index contributed by atoms with van der Waals surface area (Å²) >= 11 is 0. The first kappa shape index (κ1) is 16.8. The number of aryl methyl sites for hydroxylation is 2. The van der Waals surface area contributed by atoms with E-state index < -0.39 is 12.1 Å². The number of esters is 1. The molecule has 3 aromatic rings. The Hall–Kier alpha value is -3.01. The fourth-order valence-electron chi connectivity index (χ4n) is 2.76. The lowest BCUT2D eigenvalue weighted by atomic mass is 10.0. The first-order chi connectivity index (χ1) is 12.0. The molecule has 0 saturated heterocycles. The Bertz CT molecular complexity index is 948. The Labute approximate surface area is 146 Å². The summed E-state index contributed by atoms with van der Waals surface area (Å²) in [5.74, 6) is -0.738. The summed E-state index contributed by atoms with van der Waals surface area (Å²) in [7, 11) is 0. The number of benzene rings is 2. The number of rotatable bonds is 4. The molecule has 1 unspecified atom stereocenters. The first-order valence-corrected chi connectivity index (χ1v) is 8.14. The van der Waals surface area contributed by atoms with Crippen LogP contribution in [0.5, 0.6) is 0 Å². The van der Waals surface area contributed by atoms with Crippen molar-refractivity contribution in [1.82, 2.24) is 4.98 Å². The van der Waals surface area contributed by atoms with Crippen LogP contribution >= 0.6 is 0 Å². The van der Waals surface area contributed by atoms with Crippen LogP contribution in [0.4, 0.5) is 0 Å². The lowest BCUT2D eigenvalue weighted by molar-refractivity contribution is 0.0320. The van der Waals surface area contributed by atoms with Gasteiger partial charge in [0.1, 0.15) is 0 Å². The summed E-state index contributed by atoms with van der Waals surface area (Å²) in [4.78, 5) is 29.5. The van der Waals surface area contributed by atoms with Crippen LogP contribution in [0.3, 0.4) is 0 Å². The Morgan fingerprint density at radius 1 is 1.00 bits per heavy atom. The van der Waals surface area contributed by atoms with Crippen LogP contribution in [0.1, 0.15) is 38.9 Å². The van der Waals surface area contributed by atoms with Gasteiger partial charge in [0.2, 0.25) is 5.78 Å². The summed E-state index contributed by atoms with van der Waals surface area (Å²) in [5.41, 5.74) is 3.44. The Morgan fingerprint density at radius 2 is 1.72 bits per heavy atom. The van der Waals surface area contributed by atoms with Crippen molar-refractivity contribution < 1.29 is 14.3 Å². The molecule has 0 fully saturated rings. The molecular formula is C21H19NO3. The largest absolute Gasteiger partial charge is 0.451 e. The van der Waals surface area contributed by atoms with Gasteiger partial charge >= 0.3 is 5.97 Å². The van der Waals surface area contributed by atoms with Crippen molar-refractivity contribution >= 4 is 22.7 Å². The third kappa shape index (κ3) is 3.58. The van der Waals surface area contributed by atoms with Crippen molar-refractivity contribution in [2.45, 2.75) is 26.9 Å². The maximum absolute atomic E-state index is 12.7. The van der Waals surface area contributed by atoms with Gasteiger partial charge in [-0.05, 0) is 39.0 Å². The van der Waals surface area contributed by atoms with E-state index in [4.69, 9.17) is 4.74 Å². The monoisotopic (exact) mass is 333 g/mol. The molecule has 1 aromatic heterocycles.